The number of para-hydroxylation sites is 1. The molecule has 1 aromatic carbocycles. The van der Waals surface area contributed by atoms with Crippen LogP contribution in [0.1, 0.15) is 54.4 Å². The molecule has 3 rings (SSSR count). The zero-order valence-corrected chi connectivity index (χ0v) is 16.3. The number of Topliss-reactive ketones (excluding diaryl/α,β-unsaturated/α-hetero) is 1. The number of aliphatic hydroxyl groups is 2. The Bertz CT molecular complexity index is 748. The first-order chi connectivity index (χ1) is 13.8. The van der Waals surface area contributed by atoms with Gasteiger partial charge in [0, 0.05) is 31.2 Å². The van der Waals surface area contributed by atoms with E-state index in [1.807, 2.05) is 0 Å². The van der Waals surface area contributed by atoms with Gasteiger partial charge in [0.1, 0.15) is 11.5 Å². The van der Waals surface area contributed by atoms with Crippen LogP contribution >= 0.6 is 0 Å². The minimum Gasteiger partial charge on any atom is -0.535 e. The molecule has 5 N–H and O–H groups in total. The van der Waals surface area contributed by atoms with E-state index in [1.54, 1.807) is 12.1 Å². The number of hydrogen-bond acceptors (Lipinski definition) is 7. The molecule has 1 fully saturated rings. The van der Waals surface area contributed by atoms with Gasteiger partial charge in [-0.25, -0.2) is 4.79 Å². The fraction of sp³-hybridized carbons (Fsp3) is 0.600. The number of benzene rings is 1. The molecule has 0 radical (unpaired) electrons. The summed E-state index contributed by atoms with van der Waals surface area (Å²) >= 11 is 0. The van der Waals surface area contributed by atoms with Crippen LogP contribution in [0.4, 0.5) is 0 Å². The van der Waals surface area contributed by atoms with Gasteiger partial charge in [0.15, 0.2) is 0 Å². The molecule has 29 heavy (non-hydrogen) atoms. The lowest BCUT2D eigenvalue weighted by molar-refractivity contribution is -0.125. The lowest BCUT2D eigenvalue weighted by Gasteiger charge is -2.36. The number of aliphatic hydroxyl groups excluding tert-OH is 1. The van der Waals surface area contributed by atoms with Crippen LogP contribution in [-0.4, -0.2) is 64.0 Å². The van der Waals surface area contributed by atoms with Crippen molar-refractivity contribution < 1.29 is 34.6 Å². The molecule has 1 aliphatic heterocycles. The highest BCUT2D eigenvalue weighted by atomic mass is 16.5. The number of carbonyl (C=O) groups excluding carboxylic acids is 1. The number of carboxylic acid groups (broad SMARTS) is 1. The standard InChI is InChI=1S/C20H28BNO7/c23-9-8-22-15-4-6-20(27,7-5-15)12-16(24)11-14-10-13-2-1-3-17(19(25)26)18(13)29-21(14)28/h1-3,14-15,22-23,27-28H,4-12H2,(H,25,26)/t14-,15?,20?/m1/s1. The summed E-state index contributed by atoms with van der Waals surface area (Å²) in [6, 6.07) is 5.01. The quantitative estimate of drug-likeness (QED) is 0.400. The van der Waals surface area contributed by atoms with Gasteiger partial charge in [0.2, 0.25) is 0 Å². The van der Waals surface area contributed by atoms with Crippen molar-refractivity contribution in [1.82, 2.24) is 5.32 Å². The molecule has 1 aliphatic carbocycles. The highest BCUT2D eigenvalue weighted by molar-refractivity contribution is 6.47. The summed E-state index contributed by atoms with van der Waals surface area (Å²) in [5, 5.41) is 42.4. The summed E-state index contributed by atoms with van der Waals surface area (Å²) < 4.78 is 5.44. The van der Waals surface area contributed by atoms with Crippen molar-refractivity contribution in [2.45, 2.75) is 62.4 Å². The van der Waals surface area contributed by atoms with Gasteiger partial charge in [-0.1, -0.05) is 12.1 Å². The Balaban J connectivity index is 1.56. The normalized spacial score (nSPS) is 26.5. The van der Waals surface area contributed by atoms with Gasteiger partial charge in [0.05, 0.1) is 17.8 Å². The molecule has 1 saturated carbocycles. The Hall–Kier alpha value is -1.94. The van der Waals surface area contributed by atoms with Crippen molar-refractivity contribution in [1.29, 1.82) is 0 Å². The molecule has 1 atom stereocenters. The van der Waals surface area contributed by atoms with E-state index in [0.717, 1.165) is 12.8 Å². The SMILES string of the molecule is O=C(C[C@H]1Cc2cccc(C(=O)O)c2OB1O)CC1(O)CCC(NCCO)CC1. The van der Waals surface area contributed by atoms with Crippen LogP contribution in [0.3, 0.4) is 0 Å². The average molecular weight is 405 g/mol. The number of carboxylic acids is 1. The topological polar surface area (TPSA) is 136 Å². The molecule has 9 heteroatoms. The molecule has 0 aromatic heterocycles. The van der Waals surface area contributed by atoms with E-state index in [0.29, 0.717) is 31.4 Å². The Morgan fingerprint density at radius 2 is 2.00 bits per heavy atom. The van der Waals surface area contributed by atoms with Crippen molar-refractivity contribution in [2.24, 2.45) is 0 Å². The van der Waals surface area contributed by atoms with E-state index in [-0.39, 0.29) is 42.6 Å². The Labute approximate surface area is 170 Å². The van der Waals surface area contributed by atoms with Gasteiger partial charge in [-0.05, 0) is 43.7 Å². The molecule has 1 heterocycles. The predicted octanol–water partition coefficient (Wildman–Crippen LogP) is 0.775. The summed E-state index contributed by atoms with van der Waals surface area (Å²) in [7, 11) is -1.26. The first-order valence-corrected chi connectivity index (χ1v) is 10.1. The number of rotatable bonds is 8. The number of aromatic carboxylic acids is 1. The zero-order chi connectivity index (χ0) is 21.0. The Kier molecular flexibility index (Phi) is 6.95. The van der Waals surface area contributed by atoms with Gasteiger partial charge in [-0.2, -0.15) is 0 Å². The highest BCUT2D eigenvalue weighted by Crippen LogP contribution is 2.38. The van der Waals surface area contributed by atoms with Crippen molar-refractivity contribution in [3.05, 3.63) is 29.3 Å². The second-order valence-corrected chi connectivity index (χ2v) is 8.17. The van der Waals surface area contributed by atoms with E-state index in [2.05, 4.69) is 5.32 Å². The number of nitrogens with one attached hydrogen (secondary N) is 1. The number of hydrogen-bond donors (Lipinski definition) is 5. The van der Waals surface area contributed by atoms with Crippen molar-refractivity contribution in [3.8, 4) is 5.75 Å². The summed E-state index contributed by atoms with van der Waals surface area (Å²) in [5.74, 6) is -1.59. The third-order valence-electron chi connectivity index (χ3n) is 5.93. The van der Waals surface area contributed by atoms with Gasteiger partial charge in [0.25, 0.3) is 0 Å². The molecule has 8 nitrogen and oxygen atoms in total. The van der Waals surface area contributed by atoms with Gasteiger partial charge >= 0.3 is 13.1 Å². The van der Waals surface area contributed by atoms with Gasteiger partial charge in [-0.15, -0.1) is 0 Å². The smallest absolute Gasteiger partial charge is 0.526 e. The van der Waals surface area contributed by atoms with E-state index < -0.39 is 24.5 Å². The van der Waals surface area contributed by atoms with Crippen LogP contribution in [-0.2, 0) is 11.2 Å². The van der Waals surface area contributed by atoms with Crippen LogP contribution in [0.15, 0.2) is 18.2 Å². The first kappa shape index (κ1) is 21.8. The molecular formula is C20H28BNO7. The largest absolute Gasteiger partial charge is 0.535 e. The molecule has 0 saturated heterocycles. The molecule has 0 spiro atoms. The molecule has 2 aliphatic rings. The van der Waals surface area contributed by atoms with Crippen LogP contribution in [0.5, 0.6) is 5.75 Å². The maximum Gasteiger partial charge on any atom is 0.526 e. The molecule has 0 bridgehead atoms. The summed E-state index contributed by atoms with van der Waals surface area (Å²) in [6.07, 6.45) is 2.94. The molecule has 158 valence electrons. The van der Waals surface area contributed by atoms with Crippen LogP contribution in [0.25, 0.3) is 0 Å². The molecule has 0 unspecified atom stereocenters. The second-order valence-electron chi connectivity index (χ2n) is 8.17. The maximum atomic E-state index is 12.6. The fourth-order valence-corrected chi connectivity index (χ4v) is 4.36. The predicted molar refractivity (Wildman–Crippen MR) is 106 cm³/mol. The van der Waals surface area contributed by atoms with E-state index in [1.165, 1.54) is 6.07 Å². The van der Waals surface area contributed by atoms with E-state index in [4.69, 9.17) is 9.76 Å². The Morgan fingerprint density at radius 1 is 1.28 bits per heavy atom. The van der Waals surface area contributed by atoms with E-state index >= 15 is 0 Å². The first-order valence-electron chi connectivity index (χ1n) is 10.1. The molecule has 0 amide bonds. The Morgan fingerprint density at radius 3 is 2.66 bits per heavy atom. The highest BCUT2D eigenvalue weighted by Gasteiger charge is 2.40. The van der Waals surface area contributed by atoms with Gasteiger partial charge in [-0.3, -0.25) is 4.79 Å². The monoisotopic (exact) mass is 405 g/mol. The van der Waals surface area contributed by atoms with Crippen molar-refractivity contribution in [2.75, 3.05) is 13.2 Å². The minimum absolute atomic E-state index is 0.00722. The lowest BCUT2D eigenvalue weighted by Crippen LogP contribution is -2.43. The average Bonchev–Trinajstić information content (AvgIpc) is 2.67. The van der Waals surface area contributed by atoms with E-state index in [9.17, 15) is 24.8 Å². The van der Waals surface area contributed by atoms with Crippen LogP contribution in [0, 0.1) is 0 Å². The fourth-order valence-electron chi connectivity index (χ4n) is 4.36. The summed E-state index contributed by atoms with van der Waals surface area (Å²) in [5.41, 5.74) is -0.391. The van der Waals surface area contributed by atoms with Gasteiger partial charge < -0.3 is 30.3 Å². The third-order valence-corrected chi connectivity index (χ3v) is 5.93. The maximum absolute atomic E-state index is 12.6. The summed E-state index contributed by atoms with van der Waals surface area (Å²) in [6.45, 7) is 0.592. The number of carbonyl (C=O) groups is 2. The van der Waals surface area contributed by atoms with Crippen LogP contribution in [0.2, 0.25) is 5.82 Å². The second kappa shape index (κ2) is 9.25. The minimum atomic E-state index is -1.26. The van der Waals surface area contributed by atoms with Crippen molar-refractivity contribution >= 4 is 18.9 Å². The third kappa shape index (κ3) is 5.36. The number of ketones is 1. The lowest BCUT2D eigenvalue weighted by atomic mass is 9.64. The van der Waals surface area contributed by atoms with Crippen molar-refractivity contribution in [3.63, 3.8) is 0 Å². The zero-order valence-electron chi connectivity index (χ0n) is 16.3. The number of fused-ring (bicyclic) bond motifs is 1. The van der Waals surface area contributed by atoms with Crippen LogP contribution < -0.4 is 9.97 Å². The molecule has 1 aromatic rings. The summed E-state index contributed by atoms with van der Waals surface area (Å²) in [4.78, 5) is 23.9. The molecular weight excluding hydrogens is 377 g/mol.